The number of carbonyl (C=O) groups excluding carboxylic acids is 1. The Morgan fingerprint density at radius 3 is 1.85 bits per heavy atom. The fourth-order valence-corrected chi connectivity index (χ4v) is 2.46. The molecule has 5 heteroatoms. The highest BCUT2D eigenvalue weighted by Crippen LogP contribution is 2.18. The first kappa shape index (κ1) is 18.0. The van der Waals surface area contributed by atoms with Crippen LogP contribution in [0.15, 0.2) is 83.3 Å². The molecule has 0 aliphatic heterocycles. The Morgan fingerprint density at radius 2 is 1.23 bits per heavy atom. The molecule has 3 aromatic carbocycles. The smallest absolute Gasteiger partial charge is 0.343 e. The number of benzene rings is 3. The predicted molar refractivity (Wildman–Crippen MR) is 103 cm³/mol. The predicted octanol–water partition coefficient (Wildman–Crippen LogP) is 5.13. The maximum absolute atomic E-state index is 12.1. The van der Waals surface area contributed by atoms with Crippen LogP contribution in [0.4, 0.5) is 0 Å². The summed E-state index contributed by atoms with van der Waals surface area (Å²) >= 11 is 3.34. The van der Waals surface area contributed by atoms with E-state index in [4.69, 9.17) is 14.2 Å². The average molecular weight is 413 g/mol. The molecule has 0 N–H and O–H groups in total. The minimum absolute atomic E-state index is 0.411. The summed E-state index contributed by atoms with van der Waals surface area (Å²) in [7, 11) is 0. The second-order valence-electron chi connectivity index (χ2n) is 5.38. The van der Waals surface area contributed by atoms with Crippen molar-refractivity contribution in [2.45, 2.75) is 0 Å². The minimum atomic E-state index is -0.411. The summed E-state index contributed by atoms with van der Waals surface area (Å²) in [4.78, 5) is 12.1. The maximum Gasteiger partial charge on any atom is 0.343 e. The van der Waals surface area contributed by atoms with E-state index in [1.807, 2.05) is 42.5 Å². The molecule has 26 heavy (non-hydrogen) atoms. The third kappa shape index (κ3) is 5.36. The first-order valence-electron chi connectivity index (χ1n) is 8.09. The lowest BCUT2D eigenvalue weighted by Crippen LogP contribution is -2.10. The van der Waals surface area contributed by atoms with Crippen molar-refractivity contribution in [3.63, 3.8) is 0 Å². The van der Waals surface area contributed by atoms with Gasteiger partial charge in [0, 0.05) is 4.47 Å². The number of para-hydroxylation sites is 1. The van der Waals surface area contributed by atoms with Crippen LogP contribution in [-0.2, 0) is 0 Å². The zero-order valence-corrected chi connectivity index (χ0v) is 15.5. The molecule has 0 radical (unpaired) electrons. The first-order valence-corrected chi connectivity index (χ1v) is 8.88. The lowest BCUT2D eigenvalue weighted by Gasteiger charge is -2.09. The highest BCUT2D eigenvalue weighted by molar-refractivity contribution is 9.10. The molecule has 132 valence electrons. The van der Waals surface area contributed by atoms with Gasteiger partial charge < -0.3 is 14.2 Å². The third-order valence-electron chi connectivity index (χ3n) is 3.48. The van der Waals surface area contributed by atoms with Crippen molar-refractivity contribution in [3.05, 3.63) is 88.9 Å². The lowest BCUT2D eigenvalue weighted by molar-refractivity contribution is 0.0734. The number of carbonyl (C=O) groups is 1. The zero-order chi connectivity index (χ0) is 18.2. The normalized spacial score (nSPS) is 10.2. The molecule has 0 aliphatic rings. The van der Waals surface area contributed by atoms with Gasteiger partial charge in [0.15, 0.2) is 0 Å². The van der Waals surface area contributed by atoms with Crippen LogP contribution >= 0.6 is 15.9 Å². The molecule has 4 nitrogen and oxygen atoms in total. The van der Waals surface area contributed by atoms with E-state index in [9.17, 15) is 4.79 Å². The summed E-state index contributed by atoms with van der Waals surface area (Å²) in [5, 5.41) is 0. The lowest BCUT2D eigenvalue weighted by atomic mass is 10.2. The number of esters is 1. The number of halogens is 1. The molecule has 3 rings (SSSR count). The van der Waals surface area contributed by atoms with E-state index in [1.54, 1.807) is 36.4 Å². The number of rotatable bonds is 7. The van der Waals surface area contributed by atoms with E-state index in [2.05, 4.69) is 15.9 Å². The Labute approximate surface area is 160 Å². The molecule has 0 amide bonds. The van der Waals surface area contributed by atoms with Gasteiger partial charge in [-0.15, -0.1) is 0 Å². The van der Waals surface area contributed by atoms with E-state index < -0.39 is 5.97 Å². The van der Waals surface area contributed by atoms with Crippen LogP contribution in [-0.4, -0.2) is 19.2 Å². The molecule has 0 saturated heterocycles. The minimum Gasteiger partial charge on any atom is -0.490 e. The fraction of sp³-hybridized carbons (Fsp3) is 0.0952. The van der Waals surface area contributed by atoms with Crippen molar-refractivity contribution in [1.82, 2.24) is 0 Å². The number of ether oxygens (including phenoxy) is 3. The monoisotopic (exact) mass is 412 g/mol. The second-order valence-corrected chi connectivity index (χ2v) is 6.29. The van der Waals surface area contributed by atoms with Gasteiger partial charge >= 0.3 is 5.97 Å². The van der Waals surface area contributed by atoms with Crippen LogP contribution in [0.1, 0.15) is 10.4 Å². The molecule has 0 aromatic heterocycles. The van der Waals surface area contributed by atoms with E-state index in [1.165, 1.54) is 0 Å². The standard InChI is InChI=1S/C21H17BrO4/c22-17-8-12-20(13-9-17)26-21(23)16-6-10-19(11-7-16)25-15-14-24-18-4-2-1-3-5-18/h1-13H,14-15H2. The van der Waals surface area contributed by atoms with Crippen LogP contribution in [0.5, 0.6) is 17.2 Å². The van der Waals surface area contributed by atoms with Crippen LogP contribution in [0.3, 0.4) is 0 Å². The van der Waals surface area contributed by atoms with E-state index >= 15 is 0 Å². The van der Waals surface area contributed by atoms with Gasteiger partial charge in [-0.3, -0.25) is 0 Å². The van der Waals surface area contributed by atoms with E-state index in [-0.39, 0.29) is 0 Å². The molecular weight excluding hydrogens is 396 g/mol. The maximum atomic E-state index is 12.1. The summed E-state index contributed by atoms with van der Waals surface area (Å²) in [6.07, 6.45) is 0. The van der Waals surface area contributed by atoms with Gasteiger partial charge in [-0.05, 0) is 60.7 Å². The molecule has 0 aliphatic carbocycles. The van der Waals surface area contributed by atoms with Crippen molar-refractivity contribution in [2.75, 3.05) is 13.2 Å². The van der Waals surface area contributed by atoms with Gasteiger partial charge in [-0.2, -0.15) is 0 Å². The van der Waals surface area contributed by atoms with Gasteiger partial charge in [0.1, 0.15) is 30.5 Å². The van der Waals surface area contributed by atoms with E-state index in [0.717, 1.165) is 10.2 Å². The Bertz CT molecular complexity index is 830. The van der Waals surface area contributed by atoms with Gasteiger partial charge in [0.05, 0.1) is 5.56 Å². The summed E-state index contributed by atoms with van der Waals surface area (Å²) in [5.41, 5.74) is 0.459. The summed E-state index contributed by atoms with van der Waals surface area (Å²) < 4.78 is 17.4. The average Bonchev–Trinajstić information content (AvgIpc) is 2.68. The molecular formula is C21H17BrO4. The van der Waals surface area contributed by atoms with Crippen molar-refractivity contribution in [2.24, 2.45) is 0 Å². The molecule has 0 spiro atoms. The molecule has 0 heterocycles. The van der Waals surface area contributed by atoms with Crippen molar-refractivity contribution >= 4 is 21.9 Å². The highest BCUT2D eigenvalue weighted by atomic mass is 79.9. The van der Waals surface area contributed by atoms with Crippen molar-refractivity contribution in [3.8, 4) is 17.2 Å². The summed E-state index contributed by atoms with van der Waals surface area (Å²) in [6, 6.07) is 23.5. The topological polar surface area (TPSA) is 44.8 Å². The SMILES string of the molecule is O=C(Oc1ccc(Br)cc1)c1ccc(OCCOc2ccccc2)cc1. The fourth-order valence-electron chi connectivity index (χ4n) is 2.19. The van der Waals surface area contributed by atoms with Gasteiger partial charge in [0.25, 0.3) is 0 Å². The Morgan fingerprint density at radius 1 is 0.692 bits per heavy atom. The zero-order valence-electron chi connectivity index (χ0n) is 13.9. The summed E-state index contributed by atoms with van der Waals surface area (Å²) in [5.74, 6) is 1.56. The molecule has 3 aromatic rings. The molecule has 0 bridgehead atoms. The summed E-state index contributed by atoms with van der Waals surface area (Å²) in [6.45, 7) is 0.856. The van der Waals surface area contributed by atoms with E-state index in [0.29, 0.717) is 30.3 Å². The quantitative estimate of drug-likeness (QED) is 0.306. The number of hydrogen-bond acceptors (Lipinski definition) is 4. The Kier molecular flexibility index (Phi) is 6.28. The van der Waals surface area contributed by atoms with Gasteiger partial charge in [-0.25, -0.2) is 4.79 Å². The number of hydrogen-bond donors (Lipinski definition) is 0. The molecule has 0 saturated carbocycles. The van der Waals surface area contributed by atoms with Crippen LogP contribution in [0.2, 0.25) is 0 Å². The third-order valence-corrected chi connectivity index (χ3v) is 4.01. The van der Waals surface area contributed by atoms with Crippen molar-refractivity contribution in [1.29, 1.82) is 0 Å². The van der Waals surface area contributed by atoms with Crippen LogP contribution in [0, 0.1) is 0 Å². The van der Waals surface area contributed by atoms with Crippen LogP contribution < -0.4 is 14.2 Å². The Hall–Kier alpha value is -2.79. The Balaban J connectivity index is 1.46. The van der Waals surface area contributed by atoms with Gasteiger partial charge in [-0.1, -0.05) is 34.1 Å². The van der Waals surface area contributed by atoms with Crippen LogP contribution in [0.25, 0.3) is 0 Å². The molecule has 0 unspecified atom stereocenters. The van der Waals surface area contributed by atoms with Crippen molar-refractivity contribution < 1.29 is 19.0 Å². The molecule has 0 fully saturated rings. The molecule has 0 atom stereocenters. The van der Waals surface area contributed by atoms with Gasteiger partial charge in [0.2, 0.25) is 0 Å². The highest BCUT2D eigenvalue weighted by Gasteiger charge is 2.08. The largest absolute Gasteiger partial charge is 0.490 e. The first-order chi connectivity index (χ1) is 12.7. The second kappa shape index (κ2) is 9.06.